The number of benzene rings is 1. The maximum atomic E-state index is 10.7. The Labute approximate surface area is 103 Å². The molecule has 0 unspecified atom stereocenters. The minimum Gasteiger partial charge on any atom is -0.477 e. The Hall–Kier alpha value is -1.75. The first-order chi connectivity index (χ1) is 8.16. The lowest BCUT2D eigenvalue weighted by Gasteiger charge is -2.02. The van der Waals surface area contributed by atoms with Crippen LogP contribution in [0.2, 0.25) is 0 Å². The fourth-order valence-electron chi connectivity index (χ4n) is 1.41. The van der Waals surface area contributed by atoms with Crippen molar-refractivity contribution in [2.45, 2.75) is 17.6 Å². The molecule has 0 amide bonds. The molecule has 17 heavy (non-hydrogen) atoms. The molecule has 0 aliphatic rings. The molecule has 1 aromatic heterocycles. The van der Waals surface area contributed by atoms with Crippen molar-refractivity contribution in [1.82, 2.24) is 9.97 Å². The molecule has 1 heterocycles. The molecule has 4 nitrogen and oxygen atoms in total. The van der Waals surface area contributed by atoms with Gasteiger partial charge in [0.15, 0.2) is 0 Å². The molecule has 88 valence electrons. The summed E-state index contributed by atoms with van der Waals surface area (Å²) in [5, 5.41) is 8.75. The number of imidazole rings is 1. The molecule has 0 saturated heterocycles. The molecule has 1 aromatic carbocycles. The van der Waals surface area contributed by atoms with E-state index in [0.29, 0.717) is 11.6 Å². The average Bonchev–Trinajstić information content (AvgIpc) is 2.77. The van der Waals surface area contributed by atoms with Gasteiger partial charge in [0.25, 0.3) is 0 Å². The summed E-state index contributed by atoms with van der Waals surface area (Å²) in [4.78, 5) is 18.6. The van der Waals surface area contributed by atoms with Gasteiger partial charge in [-0.15, -0.1) is 11.8 Å². The smallest absolute Gasteiger partial charge is 0.353 e. The van der Waals surface area contributed by atoms with Gasteiger partial charge in [-0.3, -0.25) is 0 Å². The zero-order chi connectivity index (χ0) is 12.3. The van der Waals surface area contributed by atoms with Crippen LogP contribution in [-0.2, 0) is 5.75 Å². The van der Waals surface area contributed by atoms with Crippen molar-refractivity contribution in [3.05, 3.63) is 47.5 Å². The van der Waals surface area contributed by atoms with Crippen LogP contribution >= 0.6 is 11.8 Å². The molecule has 2 rings (SSSR count). The maximum absolute atomic E-state index is 10.7. The summed E-state index contributed by atoms with van der Waals surface area (Å²) in [6.07, 6.45) is 1.34. The third-order valence-corrected chi connectivity index (χ3v) is 3.50. The number of hydrogen-bond donors (Lipinski definition) is 2. The highest BCUT2D eigenvalue weighted by Gasteiger charge is 2.07. The summed E-state index contributed by atoms with van der Waals surface area (Å²) in [5.74, 6) is 0.332. The van der Waals surface area contributed by atoms with Crippen LogP contribution in [0.1, 0.15) is 21.9 Å². The summed E-state index contributed by atoms with van der Waals surface area (Å²) < 4.78 is 0. The molecule has 0 bridgehead atoms. The van der Waals surface area contributed by atoms with E-state index in [0.717, 1.165) is 0 Å². The van der Waals surface area contributed by atoms with Crippen molar-refractivity contribution >= 4 is 17.7 Å². The zero-order valence-electron chi connectivity index (χ0n) is 9.30. The first kappa shape index (κ1) is 11.7. The summed E-state index contributed by atoms with van der Waals surface area (Å²) in [6, 6.07) is 8.07. The number of thioether (sulfide) groups is 1. The van der Waals surface area contributed by atoms with Gasteiger partial charge in [-0.1, -0.05) is 18.2 Å². The van der Waals surface area contributed by atoms with Crippen LogP contribution in [0.25, 0.3) is 0 Å². The molecular weight excluding hydrogens is 236 g/mol. The highest BCUT2D eigenvalue weighted by molar-refractivity contribution is 7.98. The fourth-order valence-corrected chi connectivity index (χ4v) is 2.32. The second-order valence-electron chi connectivity index (χ2n) is 3.60. The predicted octanol–water partition coefficient (Wildman–Crippen LogP) is 2.71. The van der Waals surface area contributed by atoms with Crippen molar-refractivity contribution in [3.8, 4) is 0 Å². The van der Waals surface area contributed by atoms with Crippen molar-refractivity contribution in [2.75, 3.05) is 0 Å². The van der Waals surface area contributed by atoms with Gasteiger partial charge in [-0.2, -0.15) is 0 Å². The van der Waals surface area contributed by atoms with Gasteiger partial charge >= 0.3 is 5.97 Å². The third-order valence-electron chi connectivity index (χ3n) is 2.32. The van der Waals surface area contributed by atoms with Crippen LogP contribution < -0.4 is 0 Å². The number of aryl methyl sites for hydroxylation is 1. The number of carbonyl (C=O) groups is 1. The number of aromatic nitrogens is 2. The first-order valence-corrected chi connectivity index (χ1v) is 6.11. The number of carboxylic acid groups (broad SMARTS) is 1. The summed E-state index contributed by atoms with van der Waals surface area (Å²) in [7, 11) is 0. The minimum atomic E-state index is -0.982. The molecular formula is C12H12N2O2S. The van der Waals surface area contributed by atoms with Crippen LogP contribution in [0.4, 0.5) is 0 Å². The molecule has 2 N–H and O–H groups in total. The van der Waals surface area contributed by atoms with Gasteiger partial charge in [0, 0.05) is 4.90 Å². The molecule has 0 aliphatic carbocycles. The highest BCUT2D eigenvalue weighted by atomic mass is 32.2. The van der Waals surface area contributed by atoms with E-state index in [9.17, 15) is 4.79 Å². The average molecular weight is 248 g/mol. The van der Waals surface area contributed by atoms with Crippen molar-refractivity contribution < 1.29 is 9.90 Å². The monoisotopic (exact) mass is 248 g/mol. The Balaban J connectivity index is 2.02. The topological polar surface area (TPSA) is 66.0 Å². The highest BCUT2D eigenvalue weighted by Crippen LogP contribution is 2.24. The number of carboxylic acids is 1. The van der Waals surface area contributed by atoms with E-state index < -0.39 is 5.97 Å². The van der Waals surface area contributed by atoms with Gasteiger partial charge in [0.1, 0.15) is 11.5 Å². The lowest BCUT2D eigenvalue weighted by atomic mass is 10.2. The third kappa shape index (κ3) is 2.88. The Morgan fingerprint density at radius 1 is 1.47 bits per heavy atom. The van der Waals surface area contributed by atoms with Gasteiger partial charge < -0.3 is 10.1 Å². The zero-order valence-corrected chi connectivity index (χ0v) is 10.1. The second-order valence-corrected chi connectivity index (χ2v) is 4.62. The minimum absolute atomic E-state index is 0.130. The number of hydrogen-bond acceptors (Lipinski definition) is 3. The number of rotatable bonds is 4. The molecule has 0 saturated carbocycles. The number of H-pyrrole nitrogens is 1. The van der Waals surface area contributed by atoms with E-state index in [-0.39, 0.29) is 5.69 Å². The largest absolute Gasteiger partial charge is 0.477 e. The first-order valence-electron chi connectivity index (χ1n) is 5.12. The predicted molar refractivity (Wildman–Crippen MR) is 66.3 cm³/mol. The molecule has 0 fully saturated rings. The molecule has 0 aliphatic heterocycles. The van der Waals surface area contributed by atoms with E-state index in [1.165, 1.54) is 16.7 Å². The van der Waals surface area contributed by atoms with E-state index >= 15 is 0 Å². The molecule has 0 atom stereocenters. The Morgan fingerprint density at radius 3 is 2.88 bits per heavy atom. The number of nitrogens with zero attached hydrogens (tertiary/aromatic N) is 1. The van der Waals surface area contributed by atoms with Gasteiger partial charge in [-0.05, 0) is 18.6 Å². The maximum Gasteiger partial charge on any atom is 0.353 e. The van der Waals surface area contributed by atoms with E-state index in [1.54, 1.807) is 11.8 Å². The van der Waals surface area contributed by atoms with Crippen molar-refractivity contribution in [2.24, 2.45) is 0 Å². The second kappa shape index (κ2) is 5.05. The number of nitrogens with one attached hydrogen (secondary N) is 1. The van der Waals surface area contributed by atoms with Crippen molar-refractivity contribution in [1.29, 1.82) is 0 Å². The van der Waals surface area contributed by atoms with Gasteiger partial charge in [0.05, 0.1) is 11.9 Å². The van der Waals surface area contributed by atoms with E-state index in [1.807, 2.05) is 31.2 Å². The summed E-state index contributed by atoms with van der Waals surface area (Å²) in [6.45, 7) is 2.05. The molecule has 5 heteroatoms. The number of aromatic amines is 1. The fraction of sp³-hybridized carbons (Fsp3) is 0.167. The lowest BCUT2D eigenvalue weighted by Crippen LogP contribution is -1.96. The standard InChI is InChI=1S/C12H12N2O2S/c1-8-4-2-3-5-10(8)17-7-11-13-6-9(14-11)12(15)16/h2-6H,7H2,1H3,(H,13,14)(H,15,16). The van der Waals surface area contributed by atoms with Crippen molar-refractivity contribution in [3.63, 3.8) is 0 Å². The molecule has 0 radical (unpaired) electrons. The summed E-state index contributed by atoms with van der Waals surface area (Å²) >= 11 is 1.64. The van der Waals surface area contributed by atoms with E-state index in [4.69, 9.17) is 5.11 Å². The SMILES string of the molecule is Cc1ccccc1SCc1ncc(C(=O)O)[nH]1. The Kier molecular flexibility index (Phi) is 3.49. The van der Waals surface area contributed by atoms with Crippen LogP contribution in [0.3, 0.4) is 0 Å². The van der Waals surface area contributed by atoms with Crippen LogP contribution in [0.5, 0.6) is 0 Å². The van der Waals surface area contributed by atoms with Gasteiger partial charge in [0.2, 0.25) is 0 Å². The van der Waals surface area contributed by atoms with Crippen LogP contribution in [0, 0.1) is 6.92 Å². The number of aromatic carboxylic acids is 1. The lowest BCUT2D eigenvalue weighted by molar-refractivity contribution is 0.0691. The Bertz CT molecular complexity index is 537. The Morgan fingerprint density at radius 2 is 2.24 bits per heavy atom. The molecule has 2 aromatic rings. The van der Waals surface area contributed by atoms with Gasteiger partial charge in [-0.25, -0.2) is 9.78 Å². The quantitative estimate of drug-likeness (QED) is 0.816. The van der Waals surface area contributed by atoms with Crippen LogP contribution in [-0.4, -0.2) is 21.0 Å². The normalized spacial score (nSPS) is 10.4. The molecule has 0 spiro atoms. The van der Waals surface area contributed by atoms with Crippen LogP contribution in [0.15, 0.2) is 35.4 Å². The summed E-state index contributed by atoms with van der Waals surface area (Å²) in [5.41, 5.74) is 1.34. The van der Waals surface area contributed by atoms with E-state index in [2.05, 4.69) is 9.97 Å².